The Balaban J connectivity index is 2.29. The third kappa shape index (κ3) is 7.50. The fourth-order valence-electron chi connectivity index (χ4n) is 3.28. The molecule has 0 aliphatic heterocycles. The number of nitrogens with zero attached hydrogens (tertiary/aromatic N) is 1. The van der Waals surface area contributed by atoms with E-state index in [0.29, 0.717) is 11.9 Å². The van der Waals surface area contributed by atoms with Gasteiger partial charge in [-0.05, 0) is 47.6 Å². The van der Waals surface area contributed by atoms with Gasteiger partial charge < -0.3 is 26.3 Å². The molecule has 6 N–H and O–H groups in total. The summed E-state index contributed by atoms with van der Waals surface area (Å²) in [6, 6.07) is 8.06. The summed E-state index contributed by atoms with van der Waals surface area (Å²) in [6.45, 7) is 4.23. The minimum atomic E-state index is -0.0285. The maximum Gasteiger partial charge on any atom is 0.197 e. The number of nitrogens with two attached hydrogens (primary N) is 2. The maximum absolute atomic E-state index is 9.13. The summed E-state index contributed by atoms with van der Waals surface area (Å²) >= 11 is 0. The minimum Gasteiger partial charge on any atom is -0.497 e. The van der Waals surface area contributed by atoms with Crippen molar-refractivity contribution in [2.24, 2.45) is 11.7 Å². The number of methoxy groups -OCH3 is 1. The molecular formula is C25H34N4O2. The van der Waals surface area contributed by atoms with Gasteiger partial charge in [0, 0.05) is 17.8 Å². The third-order valence-electron chi connectivity index (χ3n) is 4.90. The highest BCUT2D eigenvalue weighted by Crippen LogP contribution is 2.30. The molecule has 166 valence electrons. The molecule has 0 saturated carbocycles. The Kier molecular flexibility index (Phi) is 9.65. The number of rotatable bonds is 11. The molecule has 1 aromatic heterocycles. The summed E-state index contributed by atoms with van der Waals surface area (Å²) in [4.78, 5) is 7.35. The number of aromatic nitrogens is 2. The van der Waals surface area contributed by atoms with E-state index in [1.165, 1.54) is 0 Å². The molecule has 2 aromatic rings. The van der Waals surface area contributed by atoms with E-state index in [-0.39, 0.29) is 12.5 Å². The zero-order valence-corrected chi connectivity index (χ0v) is 18.6. The molecule has 0 radical (unpaired) electrons. The van der Waals surface area contributed by atoms with Crippen LogP contribution in [0.15, 0.2) is 78.2 Å². The summed E-state index contributed by atoms with van der Waals surface area (Å²) in [5.74, 6) is 1.76. The average Bonchev–Trinajstić information content (AvgIpc) is 3.20. The van der Waals surface area contributed by atoms with Crippen LogP contribution in [0.2, 0.25) is 0 Å². The summed E-state index contributed by atoms with van der Waals surface area (Å²) < 4.78 is 5.29. The van der Waals surface area contributed by atoms with E-state index in [2.05, 4.69) is 54.2 Å². The van der Waals surface area contributed by atoms with E-state index in [1.807, 2.05) is 18.2 Å². The molecule has 6 heteroatoms. The molecule has 1 aromatic carbocycles. The molecule has 0 bridgehead atoms. The van der Waals surface area contributed by atoms with E-state index < -0.39 is 0 Å². The highest BCUT2D eigenvalue weighted by atomic mass is 16.5. The first-order chi connectivity index (χ1) is 15.0. The number of imidazole rings is 1. The standard InChI is InChI=1S/C25H34N4O2/c1-18(2)9-10-19(21(16-26)7-5-15-30)6-4-8-23(24-17-28-25(27)29-24)20-11-13-22(31-3)14-12-20/h5-7,9-14,16-18,23,30H,4,8,15,26H2,1-3H3,(H3,27,28,29)/b7-5-,10-9-,19-6+,21-16+. The number of aromatic amines is 1. The second-order valence-corrected chi connectivity index (χ2v) is 7.60. The van der Waals surface area contributed by atoms with Crippen LogP contribution >= 0.6 is 0 Å². The number of H-pyrrole nitrogens is 1. The third-order valence-corrected chi connectivity index (χ3v) is 4.90. The van der Waals surface area contributed by atoms with Crippen LogP contribution in [0, 0.1) is 5.92 Å². The van der Waals surface area contributed by atoms with Crippen molar-refractivity contribution >= 4 is 5.95 Å². The van der Waals surface area contributed by atoms with Crippen LogP contribution in [0.25, 0.3) is 0 Å². The molecule has 31 heavy (non-hydrogen) atoms. The first kappa shape index (κ1) is 24.0. The quantitative estimate of drug-likeness (QED) is 0.400. The number of hydrogen-bond donors (Lipinski definition) is 4. The second kappa shape index (κ2) is 12.4. The van der Waals surface area contributed by atoms with E-state index in [1.54, 1.807) is 25.6 Å². The number of ether oxygens (including phenoxy) is 1. The van der Waals surface area contributed by atoms with Gasteiger partial charge in [-0.25, -0.2) is 4.98 Å². The maximum atomic E-state index is 9.13. The number of benzene rings is 1. The van der Waals surface area contributed by atoms with Crippen molar-refractivity contribution in [1.29, 1.82) is 0 Å². The Bertz CT molecular complexity index is 921. The molecule has 1 atom stereocenters. The number of nitrogen functional groups attached to an aromatic ring is 1. The highest BCUT2D eigenvalue weighted by Gasteiger charge is 2.16. The normalized spacial score (nSPS) is 14.1. The number of hydrogen-bond acceptors (Lipinski definition) is 5. The summed E-state index contributed by atoms with van der Waals surface area (Å²) in [7, 11) is 1.66. The van der Waals surface area contributed by atoms with E-state index in [0.717, 1.165) is 41.0 Å². The van der Waals surface area contributed by atoms with E-state index >= 15 is 0 Å². The smallest absolute Gasteiger partial charge is 0.197 e. The fraction of sp³-hybridized carbons (Fsp3) is 0.320. The average molecular weight is 423 g/mol. The molecule has 0 amide bonds. The predicted molar refractivity (Wildman–Crippen MR) is 128 cm³/mol. The summed E-state index contributed by atoms with van der Waals surface area (Å²) in [5, 5.41) is 9.13. The summed E-state index contributed by atoms with van der Waals surface area (Å²) in [6.07, 6.45) is 15.0. The van der Waals surface area contributed by atoms with Gasteiger partial charge in [0.15, 0.2) is 5.95 Å². The van der Waals surface area contributed by atoms with Gasteiger partial charge in [-0.2, -0.15) is 0 Å². The van der Waals surface area contributed by atoms with E-state index in [4.69, 9.17) is 21.3 Å². The number of allylic oxidation sites excluding steroid dienone is 6. The monoisotopic (exact) mass is 422 g/mol. The van der Waals surface area contributed by atoms with Crippen LogP contribution in [0.1, 0.15) is 43.9 Å². The van der Waals surface area contributed by atoms with Crippen LogP contribution in [0.3, 0.4) is 0 Å². The van der Waals surface area contributed by atoms with Crippen molar-refractivity contribution in [3.8, 4) is 5.75 Å². The Labute approximate surface area is 185 Å². The van der Waals surface area contributed by atoms with Crippen molar-refractivity contribution in [1.82, 2.24) is 9.97 Å². The first-order valence-electron chi connectivity index (χ1n) is 10.5. The lowest BCUT2D eigenvalue weighted by Gasteiger charge is -2.16. The van der Waals surface area contributed by atoms with Crippen molar-refractivity contribution in [2.75, 3.05) is 19.5 Å². The molecule has 0 aliphatic rings. The van der Waals surface area contributed by atoms with Gasteiger partial charge in [0.05, 0.1) is 19.9 Å². The largest absolute Gasteiger partial charge is 0.497 e. The van der Waals surface area contributed by atoms with Crippen LogP contribution in [0.5, 0.6) is 5.75 Å². The topological polar surface area (TPSA) is 110 Å². The molecule has 0 aliphatic carbocycles. The molecule has 2 rings (SSSR count). The molecule has 6 nitrogen and oxygen atoms in total. The number of aliphatic hydroxyl groups excluding tert-OH is 1. The Morgan fingerprint density at radius 2 is 1.94 bits per heavy atom. The lowest BCUT2D eigenvalue weighted by atomic mass is 9.90. The van der Waals surface area contributed by atoms with Crippen LogP contribution in [-0.4, -0.2) is 28.8 Å². The van der Waals surface area contributed by atoms with Crippen LogP contribution in [0.4, 0.5) is 5.95 Å². The van der Waals surface area contributed by atoms with Gasteiger partial charge in [-0.1, -0.05) is 56.4 Å². The highest BCUT2D eigenvalue weighted by molar-refractivity contribution is 5.46. The van der Waals surface area contributed by atoms with Gasteiger partial charge in [0.25, 0.3) is 0 Å². The molecule has 1 heterocycles. The van der Waals surface area contributed by atoms with Crippen LogP contribution in [-0.2, 0) is 0 Å². The molecule has 0 spiro atoms. The van der Waals surface area contributed by atoms with E-state index in [9.17, 15) is 0 Å². The number of anilines is 1. The lowest BCUT2D eigenvalue weighted by Crippen LogP contribution is -2.02. The zero-order chi connectivity index (χ0) is 22.6. The zero-order valence-electron chi connectivity index (χ0n) is 18.6. The van der Waals surface area contributed by atoms with Gasteiger partial charge in [0.2, 0.25) is 0 Å². The van der Waals surface area contributed by atoms with Crippen LogP contribution < -0.4 is 16.2 Å². The second-order valence-electron chi connectivity index (χ2n) is 7.60. The molecule has 1 unspecified atom stereocenters. The van der Waals surface area contributed by atoms with Gasteiger partial charge >= 0.3 is 0 Å². The number of aliphatic hydroxyl groups is 1. The van der Waals surface area contributed by atoms with Gasteiger partial charge in [0.1, 0.15) is 5.75 Å². The van der Waals surface area contributed by atoms with Crippen molar-refractivity contribution in [2.45, 2.75) is 32.6 Å². The Morgan fingerprint density at radius 3 is 2.48 bits per heavy atom. The van der Waals surface area contributed by atoms with Gasteiger partial charge in [-0.15, -0.1) is 0 Å². The predicted octanol–water partition coefficient (Wildman–Crippen LogP) is 4.44. The minimum absolute atomic E-state index is 0.0285. The Morgan fingerprint density at radius 1 is 1.19 bits per heavy atom. The van der Waals surface area contributed by atoms with Crippen molar-refractivity contribution in [3.63, 3.8) is 0 Å². The Hall–Kier alpha value is -3.25. The fourth-order valence-corrected chi connectivity index (χ4v) is 3.28. The summed E-state index contributed by atoms with van der Waals surface area (Å²) in [5.41, 5.74) is 15.7. The molecular weight excluding hydrogens is 388 g/mol. The number of nitrogens with one attached hydrogen (secondary N) is 1. The SMILES string of the molecule is COc1ccc(C(CC/C=C(\C=C/C(C)C)C(/C=C\CO)=C/N)c2cnc(N)[nH]2)cc1. The molecule has 0 saturated heterocycles. The van der Waals surface area contributed by atoms with Crippen molar-refractivity contribution in [3.05, 3.63) is 89.4 Å². The molecule has 0 fully saturated rings. The van der Waals surface area contributed by atoms with Gasteiger partial charge in [-0.3, -0.25) is 0 Å². The first-order valence-corrected chi connectivity index (χ1v) is 10.5. The van der Waals surface area contributed by atoms with Crippen molar-refractivity contribution < 1.29 is 9.84 Å². The lowest BCUT2D eigenvalue weighted by molar-refractivity contribution is 0.342.